The molecular formula is C21H27ClN6S. The minimum Gasteiger partial charge on any atom is -0.382 e. The molecule has 4 rings (SSSR count). The zero-order chi connectivity index (χ0) is 20.6. The van der Waals surface area contributed by atoms with Crippen molar-refractivity contribution in [2.45, 2.75) is 55.5 Å². The van der Waals surface area contributed by atoms with Gasteiger partial charge in [0.05, 0.1) is 16.9 Å². The Hall–Kier alpha value is -1.83. The predicted octanol–water partition coefficient (Wildman–Crippen LogP) is 4.22. The monoisotopic (exact) mass is 430 g/mol. The minimum atomic E-state index is 0.207. The standard InChI is InChI=1S/C21H27ClN6S/c1-3-14-4-6-21(18(14)23)7-10-28(11-8-21)16-12-26-20(13(2)27-16)29-15-5-9-25-19(24)17(15)22/h3,5,9,12,18H,4,6-8,10-11,23H2,1-2H3,(H2,24,25)/b14-3+/t18-/m1/s1. The molecule has 3 heterocycles. The summed E-state index contributed by atoms with van der Waals surface area (Å²) in [4.78, 5) is 16.6. The Bertz CT molecular complexity index is 939. The molecule has 1 aliphatic heterocycles. The number of nitrogens with two attached hydrogens (primary N) is 2. The van der Waals surface area contributed by atoms with Gasteiger partial charge in [0.1, 0.15) is 16.7 Å². The third-order valence-electron chi connectivity index (χ3n) is 6.40. The number of hydrogen-bond acceptors (Lipinski definition) is 7. The van der Waals surface area contributed by atoms with Gasteiger partial charge in [-0.3, -0.25) is 0 Å². The van der Waals surface area contributed by atoms with Crippen LogP contribution < -0.4 is 16.4 Å². The number of nitrogens with zero attached hydrogens (tertiary/aromatic N) is 4. The van der Waals surface area contributed by atoms with E-state index in [1.165, 1.54) is 23.8 Å². The van der Waals surface area contributed by atoms with Gasteiger partial charge in [-0.1, -0.05) is 35.0 Å². The lowest BCUT2D eigenvalue weighted by Crippen LogP contribution is -2.47. The van der Waals surface area contributed by atoms with Crippen LogP contribution in [0.4, 0.5) is 11.6 Å². The maximum absolute atomic E-state index is 6.58. The number of allylic oxidation sites excluding steroid dienone is 1. The SMILES string of the molecule is C/C=C1\CCC2(CCN(c3cnc(Sc4ccnc(N)c4Cl)c(C)n3)CC2)[C@@H]1N. The highest BCUT2D eigenvalue weighted by Crippen LogP contribution is 2.48. The van der Waals surface area contributed by atoms with Crippen LogP contribution >= 0.6 is 23.4 Å². The second-order valence-electron chi connectivity index (χ2n) is 7.92. The van der Waals surface area contributed by atoms with Gasteiger partial charge < -0.3 is 16.4 Å². The molecule has 1 saturated heterocycles. The van der Waals surface area contributed by atoms with E-state index in [1.807, 2.05) is 19.2 Å². The van der Waals surface area contributed by atoms with Gasteiger partial charge in [-0.25, -0.2) is 15.0 Å². The van der Waals surface area contributed by atoms with E-state index in [2.05, 4.69) is 27.9 Å². The van der Waals surface area contributed by atoms with E-state index in [1.54, 1.807) is 6.20 Å². The van der Waals surface area contributed by atoms with Crippen molar-refractivity contribution >= 4 is 35.0 Å². The molecular weight excluding hydrogens is 404 g/mol. The van der Waals surface area contributed by atoms with Crippen molar-refractivity contribution in [1.29, 1.82) is 0 Å². The normalized spacial score (nSPS) is 22.6. The van der Waals surface area contributed by atoms with E-state index in [9.17, 15) is 0 Å². The number of nitrogen functional groups attached to an aromatic ring is 1. The molecule has 1 aliphatic carbocycles. The number of aryl methyl sites for hydroxylation is 1. The lowest BCUT2D eigenvalue weighted by atomic mass is 9.74. The van der Waals surface area contributed by atoms with Crippen molar-refractivity contribution in [2.24, 2.45) is 11.1 Å². The van der Waals surface area contributed by atoms with Gasteiger partial charge in [0.25, 0.3) is 0 Å². The third kappa shape index (κ3) is 3.83. The summed E-state index contributed by atoms with van der Waals surface area (Å²) in [7, 11) is 0. The lowest BCUT2D eigenvalue weighted by molar-refractivity contribution is 0.205. The highest BCUT2D eigenvalue weighted by molar-refractivity contribution is 7.99. The minimum absolute atomic E-state index is 0.207. The second-order valence-corrected chi connectivity index (χ2v) is 9.33. The highest BCUT2D eigenvalue weighted by Gasteiger charge is 2.45. The first-order valence-electron chi connectivity index (χ1n) is 10.0. The molecule has 2 aromatic rings. The molecule has 0 bridgehead atoms. The molecule has 0 amide bonds. The van der Waals surface area contributed by atoms with E-state index in [4.69, 9.17) is 28.1 Å². The van der Waals surface area contributed by atoms with Crippen molar-refractivity contribution in [3.05, 3.63) is 40.8 Å². The van der Waals surface area contributed by atoms with E-state index < -0.39 is 0 Å². The number of halogens is 1. The van der Waals surface area contributed by atoms with Gasteiger partial charge in [0.15, 0.2) is 0 Å². The number of pyridine rings is 1. The molecule has 2 aromatic heterocycles. The molecule has 1 saturated carbocycles. The van der Waals surface area contributed by atoms with Gasteiger partial charge in [0, 0.05) is 30.2 Å². The van der Waals surface area contributed by atoms with Gasteiger partial charge >= 0.3 is 0 Å². The van der Waals surface area contributed by atoms with Gasteiger partial charge in [-0.2, -0.15) is 0 Å². The van der Waals surface area contributed by atoms with Crippen molar-refractivity contribution in [2.75, 3.05) is 23.7 Å². The summed E-state index contributed by atoms with van der Waals surface area (Å²) >= 11 is 7.72. The van der Waals surface area contributed by atoms with Gasteiger partial charge in [-0.15, -0.1) is 0 Å². The average molecular weight is 431 g/mol. The quantitative estimate of drug-likeness (QED) is 0.704. The van der Waals surface area contributed by atoms with Crippen LogP contribution in [0.3, 0.4) is 0 Å². The summed E-state index contributed by atoms with van der Waals surface area (Å²) in [5.74, 6) is 1.26. The number of aromatic nitrogens is 3. The largest absolute Gasteiger partial charge is 0.382 e. The van der Waals surface area contributed by atoms with Crippen molar-refractivity contribution < 1.29 is 0 Å². The summed E-state index contributed by atoms with van der Waals surface area (Å²) in [6.07, 6.45) is 10.3. The molecule has 8 heteroatoms. The fraction of sp³-hybridized carbons (Fsp3) is 0.476. The van der Waals surface area contributed by atoms with E-state index in [0.717, 1.165) is 53.8 Å². The Kier molecular flexibility index (Phi) is 5.73. The molecule has 1 spiro atoms. The molecule has 6 nitrogen and oxygen atoms in total. The molecule has 0 unspecified atom stereocenters. The summed E-state index contributed by atoms with van der Waals surface area (Å²) < 4.78 is 0. The Morgan fingerprint density at radius 2 is 2.03 bits per heavy atom. The second kappa shape index (κ2) is 8.13. The predicted molar refractivity (Wildman–Crippen MR) is 119 cm³/mol. The van der Waals surface area contributed by atoms with E-state index in [0.29, 0.717) is 10.8 Å². The third-order valence-corrected chi connectivity index (χ3v) is 8.06. The number of piperidine rings is 1. The Morgan fingerprint density at radius 3 is 2.69 bits per heavy atom. The smallest absolute Gasteiger partial charge is 0.147 e. The van der Waals surface area contributed by atoms with Crippen molar-refractivity contribution in [3.8, 4) is 0 Å². The van der Waals surface area contributed by atoms with Crippen LogP contribution in [0.1, 0.15) is 38.3 Å². The summed E-state index contributed by atoms with van der Waals surface area (Å²) in [5, 5.41) is 1.28. The first kappa shape index (κ1) is 20.4. The molecule has 29 heavy (non-hydrogen) atoms. The average Bonchev–Trinajstić information content (AvgIpc) is 3.03. The lowest BCUT2D eigenvalue weighted by Gasteiger charge is -2.42. The van der Waals surface area contributed by atoms with Gasteiger partial charge in [0.2, 0.25) is 0 Å². The number of anilines is 2. The molecule has 0 radical (unpaired) electrons. The first-order valence-corrected chi connectivity index (χ1v) is 11.2. The Balaban J connectivity index is 1.46. The maximum atomic E-state index is 6.58. The van der Waals surface area contributed by atoms with E-state index in [-0.39, 0.29) is 11.5 Å². The summed E-state index contributed by atoms with van der Waals surface area (Å²) in [5.41, 5.74) is 14.9. The zero-order valence-corrected chi connectivity index (χ0v) is 18.4. The highest BCUT2D eigenvalue weighted by atomic mass is 35.5. The molecule has 4 N–H and O–H groups in total. The molecule has 1 atom stereocenters. The topological polar surface area (TPSA) is 94.0 Å². The summed E-state index contributed by atoms with van der Waals surface area (Å²) in [6.45, 7) is 6.03. The molecule has 0 aromatic carbocycles. The van der Waals surface area contributed by atoms with Crippen molar-refractivity contribution in [1.82, 2.24) is 15.0 Å². The Morgan fingerprint density at radius 1 is 1.28 bits per heavy atom. The zero-order valence-electron chi connectivity index (χ0n) is 16.9. The number of hydrogen-bond donors (Lipinski definition) is 2. The molecule has 154 valence electrons. The van der Waals surface area contributed by atoms with Crippen LogP contribution in [-0.4, -0.2) is 34.1 Å². The van der Waals surface area contributed by atoms with Crippen molar-refractivity contribution in [3.63, 3.8) is 0 Å². The first-order chi connectivity index (χ1) is 13.9. The fourth-order valence-corrected chi connectivity index (χ4v) is 5.56. The van der Waals surface area contributed by atoms with Crippen LogP contribution in [0, 0.1) is 12.3 Å². The number of rotatable bonds is 3. The Labute approximate surface area is 181 Å². The van der Waals surface area contributed by atoms with Crippen LogP contribution in [-0.2, 0) is 0 Å². The maximum Gasteiger partial charge on any atom is 0.147 e. The van der Waals surface area contributed by atoms with Gasteiger partial charge in [-0.05, 0) is 51.0 Å². The van der Waals surface area contributed by atoms with Crippen LogP contribution in [0.2, 0.25) is 5.02 Å². The van der Waals surface area contributed by atoms with E-state index >= 15 is 0 Å². The van der Waals surface area contributed by atoms with Crippen LogP contribution in [0.15, 0.2) is 40.0 Å². The van der Waals surface area contributed by atoms with Crippen LogP contribution in [0.5, 0.6) is 0 Å². The van der Waals surface area contributed by atoms with Crippen LogP contribution in [0.25, 0.3) is 0 Å². The summed E-state index contributed by atoms with van der Waals surface area (Å²) in [6, 6.07) is 2.05. The molecule has 2 aliphatic rings. The fourth-order valence-electron chi connectivity index (χ4n) is 4.50. The molecule has 2 fully saturated rings.